The van der Waals surface area contributed by atoms with Gasteiger partial charge in [-0.1, -0.05) is 18.2 Å². The van der Waals surface area contributed by atoms with Gasteiger partial charge in [0.25, 0.3) is 0 Å². The highest BCUT2D eigenvalue weighted by Crippen LogP contribution is 2.14. The Bertz CT molecular complexity index is 335. The van der Waals surface area contributed by atoms with E-state index in [1.54, 1.807) is 6.07 Å². The van der Waals surface area contributed by atoms with Crippen LogP contribution in [0.2, 0.25) is 0 Å². The van der Waals surface area contributed by atoms with Crippen LogP contribution in [0.5, 0.6) is 0 Å². The molecule has 1 unspecified atom stereocenters. The van der Waals surface area contributed by atoms with E-state index in [4.69, 9.17) is 0 Å². The lowest BCUT2D eigenvalue weighted by Crippen LogP contribution is -3.03. The van der Waals surface area contributed by atoms with E-state index in [9.17, 15) is 10.0 Å². The summed E-state index contributed by atoms with van der Waals surface area (Å²) in [6, 6.07) is 7.47. The van der Waals surface area contributed by atoms with Crippen LogP contribution in [-0.4, -0.2) is 12.3 Å². The van der Waals surface area contributed by atoms with Crippen molar-refractivity contribution in [1.82, 2.24) is 0 Å². The molecular weight excluding hydrogens is 166 g/mol. The molecule has 0 fully saturated rings. The number of para-hydroxylation sites is 1. The van der Waals surface area contributed by atoms with E-state index >= 15 is 0 Å². The number of Topliss-reactive ketones (excluding diaryl/α,β-unsaturated/α-hetero) is 1. The van der Waals surface area contributed by atoms with E-state index in [0.29, 0.717) is 12.8 Å². The second-order valence-corrected chi connectivity index (χ2v) is 3.30. The number of aryl methyl sites for hydroxylation is 1. The van der Waals surface area contributed by atoms with Crippen LogP contribution in [0, 0.1) is 5.21 Å². The van der Waals surface area contributed by atoms with Crippen LogP contribution in [0.3, 0.4) is 0 Å². The number of quaternary nitrogens is 1. The summed E-state index contributed by atoms with van der Waals surface area (Å²) < 4.78 is 0. The van der Waals surface area contributed by atoms with E-state index < -0.39 is 0 Å². The standard InChI is InChI=1S/C10H11NO2/c12-9-6-5-8-3-1-2-4-10(8)11(13)7-9/h1-4,11H,5-7H2. The first-order valence-electron chi connectivity index (χ1n) is 4.40. The van der Waals surface area contributed by atoms with Crippen molar-refractivity contribution in [2.75, 3.05) is 6.54 Å². The van der Waals surface area contributed by atoms with Crippen molar-refractivity contribution in [3.63, 3.8) is 0 Å². The number of hydroxylamine groups is 1. The van der Waals surface area contributed by atoms with Gasteiger partial charge in [-0.25, -0.2) is 0 Å². The number of benzene rings is 1. The van der Waals surface area contributed by atoms with Gasteiger partial charge < -0.3 is 10.3 Å². The van der Waals surface area contributed by atoms with Gasteiger partial charge in [-0.05, 0) is 12.5 Å². The first kappa shape index (κ1) is 8.41. The molecule has 0 radical (unpaired) electrons. The SMILES string of the molecule is O=C1CCc2ccccc2[NH+]([O-])C1. The van der Waals surface area contributed by atoms with Crippen LogP contribution in [0.4, 0.5) is 5.69 Å². The molecule has 1 atom stereocenters. The third kappa shape index (κ3) is 1.61. The van der Waals surface area contributed by atoms with Gasteiger partial charge in [0.1, 0.15) is 12.2 Å². The fourth-order valence-electron chi connectivity index (χ4n) is 1.65. The molecule has 3 heteroatoms. The van der Waals surface area contributed by atoms with Crippen molar-refractivity contribution < 1.29 is 9.86 Å². The summed E-state index contributed by atoms with van der Waals surface area (Å²) in [5.41, 5.74) is 1.74. The van der Waals surface area contributed by atoms with Gasteiger partial charge in [0.2, 0.25) is 0 Å². The zero-order valence-corrected chi connectivity index (χ0v) is 7.25. The lowest BCUT2D eigenvalue weighted by Gasteiger charge is -2.20. The lowest BCUT2D eigenvalue weighted by molar-refractivity contribution is -0.766. The number of rotatable bonds is 0. The minimum absolute atomic E-state index is 0.0295. The van der Waals surface area contributed by atoms with Gasteiger partial charge in [-0.15, -0.1) is 0 Å². The minimum atomic E-state index is -0.0295. The molecule has 13 heavy (non-hydrogen) atoms. The molecule has 2 rings (SSSR count). The summed E-state index contributed by atoms with van der Waals surface area (Å²) in [5.74, 6) is 0.0567. The molecule has 68 valence electrons. The van der Waals surface area contributed by atoms with Crippen molar-refractivity contribution in [3.8, 4) is 0 Å². The number of carbonyl (C=O) groups excluding carboxylic acids is 1. The highest BCUT2D eigenvalue weighted by Gasteiger charge is 2.18. The topological polar surface area (TPSA) is 44.6 Å². The quantitative estimate of drug-likeness (QED) is 0.576. The average Bonchev–Trinajstić information content (AvgIpc) is 2.27. The van der Waals surface area contributed by atoms with Gasteiger partial charge in [0.05, 0.1) is 0 Å². The maximum atomic E-state index is 11.5. The molecule has 0 saturated heterocycles. The Morgan fingerprint density at radius 3 is 2.85 bits per heavy atom. The lowest BCUT2D eigenvalue weighted by atomic mass is 10.1. The maximum Gasteiger partial charge on any atom is 0.187 e. The fourth-order valence-corrected chi connectivity index (χ4v) is 1.65. The van der Waals surface area contributed by atoms with Crippen LogP contribution in [0.25, 0.3) is 0 Å². The zero-order valence-electron chi connectivity index (χ0n) is 7.25. The predicted molar refractivity (Wildman–Crippen MR) is 48.6 cm³/mol. The van der Waals surface area contributed by atoms with Gasteiger partial charge in [0, 0.05) is 12.0 Å². The van der Waals surface area contributed by atoms with E-state index in [-0.39, 0.29) is 17.4 Å². The normalized spacial score (nSPS) is 22.2. The van der Waals surface area contributed by atoms with Gasteiger partial charge >= 0.3 is 0 Å². The Labute approximate surface area is 76.6 Å². The number of carbonyl (C=O) groups is 1. The summed E-state index contributed by atoms with van der Waals surface area (Å²) in [5, 5.41) is 11.5. The van der Waals surface area contributed by atoms with Gasteiger partial charge in [-0.2, -0.15) is 0 Å². The Morgan fingerprint density at radius 1 is 1.23 bits per heavy atom. The summed E-state index contributed by atoms with van der Waals surface area (Å²) in [4.78, 5) is 11.1. The zero-order chi connectivity index (χ0) is 9.26. The first-order valence-corrected chi connectivity index (χ1v) is 4.40. The average molecular weight is 177 g/mol. The molecule has 1 aromatic carbocycles. The third-order valence-electron chi connectivity index (χ3n) is 2.35. The molecule has 0 spiro atoms. The fraction of sp³-hybridized carbons (Fsp3) is 0.300. The van der Waals surface area contributed by atoms with Crippen molar-refractivity contribution in [2.45, 2.75) is 12.8 Å². The molecule has 1 N–H and O–H groups in total. The number of hydrogen-bond acceptors (Lipinski definition) is 2. The summed E-state index contributed by atoms with van der Waals surface area (Å²) in [6.07, 6.45) is 1.21. The molecule has 0 saturated carbocycles. The van der Waals surface area contributed by atoms with Gasteiger partial charge in [0.15, 0.2) is 5.78 Å². The second-order valence-electron chi connectivity index (χ2n) is 3.30. The van der Waals surface area contributed by atoms with E-state index in [1.165, 1.54) is 0 Å². The Kier molecular flexibility index (Phi) is 2.12. The molecule has 0 amide bonds. The van der Waals surface area contributed by atoms with E-state index in [0.717, 1.165) is 11.3 Å². The molecule has 1 heterocycles. The van der Waals surface area contributed by atoms with Crippen molar-refractivity contribution in [1.29, 1.82) is 0 Å². The highest BCUT2D eigenvalue weighted by atomic mass is 16.5. The molecule has 3 nitrogen and oxygen atoms in total. The van der Waals surface area contributed by atoms with Crippen LogP contribution in [0.15, 0.2) is 24.3 Å². The van der Waals surface area contributed by atoms with Crippen LogP contribution in [0.1, 0.15) is 12.0 Å². The Balaban J connectivity index is 2.40. The first-order chi connectivity index (χ1) is 6.27. The molecule has 0 aromatic heterocycles. The predicted octanol–water partition coefficient (Wildman–Crippen LogP) is 0.216. The summed E-state index contributed by atoms with van der Waals surface area (Å²) in [7, 11) is 0. The molecule has 1 aliphatic rings. The van der Waals surface area contributed by atoms with Crippen molar-refractivity contribution in [3.05, 3.63) is 35.0 Å². The Morgan fingerprint density at radius 2 is 2.00 bits per heavy atom. The highest BCUT2D eigenvalue weighted by molar-refractivity contribution is 5.80. The number of nitrogens with one attached hydrogen (secondary N) is 1. The molecular formula is C10H11NO2. The summed E-state index contributed by atoms with van der Waals surface area (Å²) in [6.45, 7) is 0.0804. The van der Waals surface area contributed by atoms with Gasteiger partial charge in [-0.3, -0.25) is 4.79 Å². The van der Waals surface area contributed by atoms with Crippen LogP contribution >= 0.6 is 0 Å². The Hall–Kier alpha value is -1.19. The molecule has 0 aliphatic carbocycles. The van der Waals surface area contributed by atoms with E-state index in [2.05, 4.69) is 0 Å². The molecule has 1 aliphatic heterocycles. The van der Waals surface area contributed by atoms with Crippen molar-refractivity contribution >= 4 is 11.5 Å². The molecule has 1 aromatic rings. The number of ketones is 1. The number of fused-ring (bicyclic) bond motifs is 1. The minimum Gasteiger partial charge on any atom is -0.629 e. The smallest absolute Gasteiger partial charge is 0.187 e. The summed E-state index contributed by atoms with van der Waals surface area (Å²) >= 11 is 0. The van der Waals surface area contributed by atoms with Crippen LogP contribution in [-0.2, 0) is 11.2 Å². The number of hydrogen-bond donors (Lipinski definition) is 1. The third-order valence-corrected chi connectivity index (χ3v) is 2.35. The second kappa shape index (κ2) is 3.28. The monoisotopic (exact) mass is 177 g/mol. The van der Waals surface area contributed by atoms with E-state index in [1.807, 2.05) is 18.2 Å². The largest absolute Gasteiger partial charge is 0.629 e. The maximum absolute atomic E-state index is 11.5. The molecule has 0 bridgehead atoms. The van der Waals surface area contributed by atoms with Crippen molar-refractivity contribution in [2.24, 2.45) is 0 Å². The van der Waals surface area contributed by atoms with Crippen LogP contribution < -0.4 is 5.06 Å².